The van der Waals surface area contributed by atoms with E-state index >= 15 is 0 Å². The van der Waals surface area contributed by atoms with Gasteiger partial charge >= 0.3 is 0 Å². The van der Waals surface area contributed by atoms with Crippen LogP contribution in [0.1, 0.15) is 12.8 Å². The average molecular weight is 371 g/mol. The van der Waals surface area contributed by atoms with Crippen molar-refractivity contribution in [1.82, 2.24) is 4.90 Å². The summed E-state index contributed by atoms with van der Waals surface area (Å²) in [6.45, 7) is 1.58. The number of hydrogen-bond donors (Lipinski definition) is 1. The lowest BCUT2D eigenvalue weighted by Gasteiger charge is -2.17. The Hall–Kier alpha value is -1.99. The molecule has 1 aromatic rings. The minimum Gasteiger partial charge on any atom is -0.495 e. The molecule has 1 N–H and O–H groups in total. The highest BCUT2D eigenvalue weighted by molar-refractivity contribution is 6.32. The minimum atomic E-state index is -0.401. The van der Waals surface area contributed by atoms with Crippen molar-refractivity contribution in [3.63, 3.8) is 0 Å². The van der Waals surface area contributed by atoms with Crippen LogP contribution in [0.25, 0.3) is 0 Å². The van der Waals surface area contributed by atoms with Crippen molar-refractivity contribution in [3.8, 4) is 11.5 Å². The van der Waals surface area contributed by atoms with Gasteiger partial charge in [0.25, 0.3) is 0 Å². The third-order valence-corrected chi connectivity index (χ3v) is 4.39. The Balaban J connectivity index is 2.04. The summed E-state index contributed by atoms with van der Waals surface area (Å²) >= 11 is 6.06. The van der Waals surface area contributed by atoms with Gasteiger partial charge in [0.2, 0.25) is 11.8 Å². The highest BCUT2D eigenvalue weighted by Crippen LogP contribution is 2.36. The molecule has 1 aliphatic rings. The fourth-order valence-corrected chi connectivity index (χ4v) is 2.99. The predicted octanol–water partition coefficient (Wildman–Crippen LogP) is 2.18. The molecule has 0 bridgehead atoms. The van der Waals surface area contributed by atoms with Crippen molar-refractivity contribution in [1.29, 1.82) is 0 Å². The maximum atomic E-state index is 12.5. The first kappa shape index (κ1) is 19.3. The van der Waals surface area contributed by atoms with Crippen molar-refractivity contribution in [2.75, 3.05) is 46.3 Å². The van der Waals surface area contributed by atoms with Crippen molar-refractivity contribution >= 4 is 29.1 Å². The zero-order valence-electron chi connectivity index (χ0n) is 14.6. The molecule has 1 atom stereocenters. The van der Waals surface area contributed by atoms with Gasteiger partial charge < -0.3 is 24.4 Å². The van der Waals surface area contributed by atoms with Crippen LogP contribution in [-0.2, 0) is 14.3 Å². The first-order valence-corrected chi connectivity index (χ1v) is 8.37. The van der Waals surface area contributed by atoms with Crippen molar-refractivity contribution in [2.45, 2.75) is 12.8 Å². The van der Waals surface area contributed by atoms with Gasteiger partial charge in [-0.05, 0) is 6.42 Å². The van der Waals surface area contributed by atoms with Gasteiger partial charge in [0.05, 0.1) is 30.8 Å². The van der Waals surface area contributed by atoms with E-state index in [1.54, 1.807) is 24.1 Å². The molecule has 0 spiro atoms. The predicted molar refractivity (Wildman–Crippen MR) is 94.4 cm³/mol. The molecule has 138 valence electrons. The lowest BCUT2D eigenvalue weighted by molar-refractivity contribution is -0.128. The fourth-order valence-electron chi connectivity index (χ4n) is 2.76. The third kappa shape index (κ3) is 4.76. The van der Waals surface area contributed by atoms with Crippen LogP contribution < -0.4 is 14.8 Å². The maximum Gasteiger partial charge on any atom is 0.229 e. The first-order chi connectivity index (χ1) is 12.0. The zero-order valence-corrected chi connectivity index (χ0v) is 15.4. The van der Waals surface area contributed by atoms with E-state index in [1.165, 1.54) is 14.2 Å². The standard InChI is InChI=1S/C17H23ClN2O5/c1-23-6-4-5-20-10-11(7-16(20)21)17(22)19-13-9-14(24-2)12(18)8-15(13)25-3/h8-9,11H,4-7,10H2,1-3H3,(H,19,22). The number of methoxy groups -OCH3 is 3. The van der Waals surface area contributed by atoms with E-state index in [1.807, 2.05) is 0 Å². The van der Waals surface area contributed by atoms with Crippen LogP contribution in [0.3, 0.4) is 0 Å². The molecule has 1 fully saturated rings. The Morgan fingerprint density at radius 3 is 2.64 bits per heavy atom. The summed E-state index contributed by atoms with van der Waals surface area (Å²) in [4.78, 5) is 26.3. The van der Waals surface area contributed by atoms with Crippen LogP contribution in [0.4, 0.5) is 5.69 Å². The maximum absolute atomic E-state index is 12.5. The van der Waals surface area contributed by atoms with Gasteiger partial charge in [-0.15, -0.1) is 0 Å². The second kappa shape index (κ2) is 8.92. The summed E-state index contributed by atoms with van der Waals surface area (Å²) in [5.74, 6) is 0.213. The largest absolute Gasteiger partial charge is 0.495 e. The summed E-state index contributed by atoms with van der Waals surface area (Å²) in [5.41, 5.74) is 0.457. The van der Waals surface area contributed by atoms with Crippen LogP contribution in [0.2, 0.25) is 5.02 Å². The van der Waals surface area contributed by atoms with Crippen LogP contribution in [0.5, 0.6) is 11.5 Å². The second-order valence-corrected chi connectivity index (χ2v) is 6.17. The summed E-state index contributed by atoms with van der Waals surface area (Å²) in [6, 6.07) is 3.18. The number of likely N-dealkylation sites (tertiary alicyclic amines) is 1. The SMILES string of the molecule is COCCCN1CC(C(=O)Nc2cc(OC)c(Cl)cc2OC)CC1=O. The molecule has 0 aromatic heterocycles. The molecule has 1 saturated heterocycles. The highest BCUT2D eigenvalue weighted by atomic mass is 35.5. The Morgan fingerprint density at radius 1 is 1.28 bits per heavy atom. The molecule has 25 heavy (non-hydrogen) atoms. The molecule has 7 nitrogen and oxygen atoms in total. The Kier molecular flexibility index (Phi) is 6.90. The number of benzene rings is 1. The molecule has 1 unspecified atom stereocenters. The molecule has 1 heterocycles. The number of carbonyl (C=O) groups excluding carboxylic acids is 2. The summed E-state index contributed by atoms with van der Waals surface area (Å²) in [6.07, 6.45) is 0.949. The van der Waals surface area contributed by atoms with Crippen LogP contribution >= 0.6 is 11.6 Å². The van der Waals surface area contributed by atoms with Gasteiger partial charge in [0.1, 0.15) is 11.5 Å². The van der Waals surface area contributed by atoms with E-state index in [0.717, 1.165) is 6.42 Å². The molecule has 2 amide bonds. The number of hydrogen-bond acceptors (Lipinski definition) is 5. The lowest BCUT2D eigenvalue weighted by Crippen LogP contribution is -2.29. The summed E-state index contributed by atoms with van der Waals surface area (Å²) in [5, 5.41) is 3.19. The number of nitrogens with zero attached hydrogens (tertiary/aromatic N) is 1. The van der Waals surface area contributed by atoms with Crippen molar-refractivity contribution < 1.29 is 23.8 Å². The quantitative estimate of drug-likeness (QED) is 0.710. The van der Waals surface area contributed by atoms with E-state index in [9.17, 15) is 9.59 Å². The highest BCUT2D eigenvalue weighted by Gasteiger charge is 2.34. The van der Waals surface area contributed by atoms with E-state index in [0.29, 0.717) is 41.9 Å². The molecule has 2 rings (SSSR count). The Bertz CT molecular complexity index is 638. The van der Waals surface area contributed by atoms with Gasteiger partial charge in [-0.1, -0.05) is 11.6 Å². The van der Waals surface area contributed by atoms with Gasteiger partial charge in [0.15, 0.2) is 0 Å². The van der Waals surface area contributed by atoms with E-state index in [2.05, 4.69) is 5.32 Å². The van der Waals surface area contributed by atoms with Crippen LogP contribution in [-0.4, -0.2) is 57.7 Å². The summed E-state index contributed by atoms with van der Waals surface area (Å²) < 4.78 is 15.4. The molecule has 1 aromatic carbocycles. The van der Waals surface area contributed by atoms with E-state index in [-0.39, 0.29) is 18.2 Å². The molecule has 0 radical (unpaired) electrons. The van der Waals surface area contributed by atoms with Gasteiger partial charge in [-0.25, -0.2) is 0 Å². The van der Waals surface area contributed by atoms with E-state index in [4.69, 9.17) is 25.8 Å². The van der Waals surface area contributed by atoms with E-state index < -0.39 is 5.92 Å². The van der Waals surface area contributed by atoms with Gasteiger partial charge in [0, 0.05) is 45.4 Å². The molecule has 0 aliphatic carbocycles. The smallest absolute Gasteiger partial charge is 0.229 e. The van der Waals surface area contributed by atoms with Crippen molar-refractivity contribution in [2.24, 2.45) is 5.92 Å². The number of rotatable bonds is 8. The average Bonchev–Trinajstić information content (AvgIpc) is 2.97. The normalized spacial score (nSPS) is 16.9. The monoisotopic (exact) mass is 370 g/mol. The Morgan fingerprint density at radius 2 is 2.00 bits per heavy atom. The topological polar surface area (TPSA) is 77.1 Å². The molecular weight excluding hydrogens is 348 g/mol. The van der Waals surface area contributed by atoms with Gasteiger partial charge in [-0.2, -0.15) is 0 Å². The first-order valence-electron chi connectivity index (χ1n) is 7.99. The number of ether oxygens (including phenoxy) is 3. The number of anilines is 1. The number of amides is 2. The molecular formula is C17H23ClN2O5. The third-order valence-electron chi connectivity index (χ3n) is 4.09. The summed E-state index contributed by atoms with van der Waals surface area (Å²) in [7, 11) is 4.60. The van der Waals surface area contributed by atoms with Crippen molar-refractivity contribution in [3.05, 3.63) is 17.2 Å². The van der Waals surface area contributed by atoms with Gasteiger partial charge in [-0.3, -0.25) is 9.59 Å². The Labute approximate surface area is 152 Å². The van der Waals surface area contributed by atoms with Crippen LogP contribution in [0.15, 0.2) is 12.1 Å². The zero-order chi connectivity index (χ0) is 18.4. The molecule has 1 aliphatic heterocycles. The lowest BCUT2D eigenvalue weighted by atomic mass is 10.1. The second-order valence-electron chi connectivity index (χ2n) is 5.76. The number of nitrogens with one attached hydrogen (secondary N) is 1. The van der Waals surface area contributed by atoms with Crippen LogP contribution in [0, 0.1) is 5.92 Å². The molecule has 8 heteroatoms. The number of halogens is 1. The fraction of sp³-hybridized carbons (Fsp3) is 0.529. The number of carbonyl (C=O) groups is 2. The minimum absolute atomic E-state index is 0.0168. The molecule has 0 saturated carbocycles.